The van der Waals surface area contributed by atoms with Crippen LogP contribution in [-0.2, 0) is 14.3 Å². The van der Waals surface area contributed by atoms with Crippen molar-refractivity contribution < 1.29 is 19.4 Å². The van der Waals surface area contributed by atoms with Gasteiger partial charge < -0.3 is 19.5 Å². The van der Waals surface area contributed by atoms with Crippen molar-refractivity contribution >= 4 is 5.97 Å². The zero-order valence-corrected chi connectivity index (χ0v) is 17.0. The van der Waals surface area contributed by atoms with E-state index in [1.807, 2.05) is 6.92 Å². The summed E-state index contributed by atoms with van der Waals surface area (Å²) in [5.74, 6) is -0.472. The van der Waals surface area contributed by atoms with E-state index in [4.69, 9.17) is 9.47 Å². The number of hydrogen-bond donors (Lipinski definition) is 1. The highest BCUT2D eigenvalue weighted by molar-refractivity contribution is 5.92. The Morgan fingerprint density at radius 3 is 2.65 bits per heavy atom. The van der Waals surface area contributed by atoms with E-state index in [1.165, 1.54) is 0 Å². The fourth-order valence-corrected chi connectivity index (χ4v) is 3.73. The van der Waals surface area contributed by atoms with Crippen LogP contribution in [-0.4, -0.2) is 66.5 Å². The Hall–Kier alpha value is -1.53. The molecule has 0 amide bonds. The molecule has 1 fully saturated rings. The van der Waals surface area contributed by atoms with Gasteiger partial charge in [-0.15, -0.1) is 0 Å². The molecule has 2 heterocycles. The molecule has 2 atom stereocenters. The molecule has 0 aliphatic carbocycles. The normalized spacial score (nSPS) is 25.3. The van der Waals surface area contributed by atoms with Crippen LogP contribution in [0, 0.1) is 5.41 Å². The Kier molecular flexibility index (Phi) is 6.74. The first-order valence-corrected chi connectivity index (χ1v) is 9.46. The van der Waals surface area contributed by atoms with E-state index in [0.29, 0.717) is 19.1 Å². The number of morpholine rings is 1. The molecule has 1 unspecified atom stereocenters. The van der Waals surface area contributed by atoms with Crippen LogP contribution in [0.1, 0.15) is 47.5 Å². The van der Waals surface area contributed by atoms with E-state index in [1.54, 1.807) is 7.11 Å². The van der Waals surface area contributed by atoms with Crippen LogP contribution in [0.25, 0.3) is 0 Å². The molecule has 0 aromatic rings. The second-order valence-corrected chi connectivity index (χ2v) is 8.47. The summed E-state index contributed by atoms with van der Waals surface area (Å²) in [5.41, 5.74) is 1.26. The summed E-state index contributed by atoms with van der Waals surface area (Å²) in [6.45, 7) is 13.7. The predicted molar refractivity (Wildman–Crippen MR) is 102 cm³/mol. The van der Waals surface area contributed by atoms with Crippen LogP contribution in [0.15, 0.2) is 23.1 Å². The standard InChI is InChI=1S/C20H34N2O4/c1-14-12-16(21-10-11-26-13-15(21)2)22(9-7-8-20(3,4)5)18(25-6)17(14)19(23)24/h12,15-16H,7-11,13H2,1-6H3,(H,23,24)/t15-,16?/m1/s1. The number of aliphatic carboxylic acids is 1. The summed E-state index contributed by atoms with van der Waals surface area (Å²) >= 11 is 0. The number of methoxy groups -OCH3 is 1. The van der Waals surface area contributed by atoms with Crippen LogP contribution in [0.5, 0.6) is 0 Å². The van der Waals surface area contributed by atoms with Gasteiger partial charge in [0.2, 0.25) is 5.88 Å². The van der Waals surface area contributed by atoms with E-state index >= 15 is 0 Å². The van der Waals surface area contributed by atoms with Gasteiger partial charge in [0.05, 0.1) is 20.3 Å². The van der Waals surface area contributed by atoms with Crippen molar-refractivity contribution in [2.75, 3.05) is 33.4 Å². The van der Waals surface area contributed by atoms with Crippen molar-refractivity contribution in [2.45, 2.75) is 59.7 Å². The molecule has 2 rings (SSSR count). The summed E-state index contributed by atoms with van der Waals surface area (Å²) in [6, 6.07) is 0.271. The number of rotatable bonds is 6. The van der Waals surface area contributed by atoms with Gasteiger partial charge in [-0.05, 0) is 43.8 Å². The Morgan fingerprint density at radius 2 is 2.12 bits per heavy atom. The minimum atomic E-state index is -0.940. The lowest BCUT2D eigenvalue weighted by atomic mass is 9.90. The summed E-state index contributed by atoms with van der Waals surface area (Å²) in [4.78, 5) is 16.3. The third-order valence-electron chi connectivity index (χ3n) is 5.08. The SMILES string of the molecule is COC1=C(C(=O)O)C(C)=CC(N2CCOC[C@H]2C)N1CCCC(C)(C)C. The van der Waals surface area contributed by atoms with Crippen molar-refractivity contribution in [1.29, 1.82) is 0 Å². The minimum absolute atomic E-state index is 0.00748. The monoisotopic (exact) mass is 366 g/mol. The van der Waals surface area contributed by atoms with Crippen LogP contribution in [0.2, 0.25) is 0 Å². The third-order valence-corrected chi connectivity index (χ3v) is 5.08. The first kappa shape index (κ1) is 20.8. The van der Waals surface area contributed by atoms with E-state index < -0.39 is 5.97 Å². The molecular weight excluding hydrogens is 332 g/mol. The summed E-state index contributed by atoms with van der Waals surface area (Å²) in [5, 5.41) is 9.69. The maximum absolute atomic E-state index is 11.8. The van der Waals surface area contributed by atoms with Crippen molar-refractivity contribution in [3.8, 4) is 0 Å². The number of nitrogens with zero attached hydrogens (tertiary/aromatic N) is 2. The highest BCUT2D eigenvalue weighted by Crippen LogP contribution is 2.32. The molecule has 1 saturated heterocycles. The van der Waals surface area contributed by atoms with Gasteiger partial charge in [0.15, 0.2) is 0 Å². The molecule has 1 N–H and O–H groups in total. The van der Waals surface area contributed by atoms with Crippen molar-refractivity contribution in [3.05, 3.63) is 23.1 Å². The molecule has 0 bridgehead atoms. The topological polar surface area (TPSA) is 62.2 Å². The largest absolute Gasteiger partial charge is 0.482 e. The second kappa shape index (κ2) is 8.44. The maximum atomic E-state index is 11.8. The quantitative estimate of drug-likeness (QED) is 0.779. The molecule has 2 aliphatic heterocycles. The summed E-state index contributed by atoms with van der Waals surface area (Å²) in [6.07, 6.45) is 4.10. The molecule has 6 nitrogen and oxygen atoms in total. The number of ether oxygens (including phenoxy) is 2. The van der Waals surface area contributed by atoms with Crippen LogP contribution in [0.4, 0.5) is 0 Å². The molecule has 0 aromatic carbocycles. The smallest absolute Gasteiger partial charge is 0.341 e. The molecule has 0 aromatic heterocycles. The van der Waals surface area contributed by atoms with Gasteiger partial charge in [-0.2, -0.15) is 0 Å². The fraction of sp³-hybridized carbons (Fsp3) is 0.750. The fourth-order valence-electron chi connectivity index (χ4n) is 3.73. The number of carboxylic acid groups (broad SMARTS) is 1. The Morgan fingerprint density at radius 1 is 1.42 bits per heavy atom. The van der Waals surface area contributed by atoms with Crippen molar-refractivity contribution in [1.82, 2.24) is 9.80 Å². The zero-order chi connectivity index (χ0) is 19.5. The van der Waals surface area contributed by atoms with E-state index in [2.05, 4.69) is 43.6 Å². The van der Waals surface area contributed by atoms with E-state index in [0.717, 1.165) is 31.5 Å². The number of carbonyl (C=O) groups is 1. The minimum Gasteiger partial charge on any atom is -0.482 e. The van der Waals surface area contributed by atoms with E-state index in [9.17, 15) is 9.90 Å². The molecule has 0 saturated carbocycles. The van der Waals surface area contributed by atoms with E-state index in [-0.39, 0.29) is 23.2 Å². The Balaban J connectivity index is 2.33. The third kappa shape index (κ3) is 4.80. The van der Waals surface area contributed by atoms with Gasteiger partial charge in [-0.25, -0.2) is 4.79 Å². The lowest BCUT2D eigenvalue weighted by Crippen LogP contribution is -2.56. The predicted octanol–water partition coefficient (Wildman–Crippen LogP) is 3.06. The lowest BCUT2D eigenvalue weighted by molar-refractivity contribution is -0.133. The Bertz CT molecular complexity index is 577. The molecule has 0 radical (unpaired) electrons. The Labute approximate surface area is 157 Å². The lowest BCUT2D eigenvalue weighted by Gasteiger charge is -2.46. The van der Waals surface area contributed by atoms with Crippen LogP contribution >= 0.6 is 0 Å². The van der Waals surface area contributed by atoms with Crippen LogP contribution in [0.3, 0.4) is 0 Å². The summed E-state index contributed by atoms with van der Waals surface area (Å²) in [7, 11) is 1.56. The van der Waals surface area contributed by atoms with Gasteiger partial charge >= 0.3 is 5.97 Å². The zero-order valence-electron chi connectivity index (χ0n) is 17.0. The van der Waals surface area contributed by atoms with Gasteiger partial charge in [0.1, 0.15) is 11.7 Å². The first-order chi connectivity index (χ1) is 12.2. The van der Waals surface area contributed by atoms with Crippen molar-refractivity contribution in [2.24, 2.45) is 5.41 Å². The van der Waals surface area contributed by atoms with Gasteiger partial charge in [0, 0.05) is 19.1 Å². The second-order valence-electron chi connectivity index (χ2n) is 8.47. The molecule has 0 spiro atoms. The van der Waals surface area contributed by atoms with Crippen LogP contribution < -0.4 is 0 Å². The highest BCUT2D eigenvalue weighted by atomic mass is 16.5. The summed E-state index contributed by atoms with van der Waals surface area (Å²) < 4.78 is 11.2. The molecule has 6 heteroatoms. The van der Waals surface area contributed by atoms with Gasteiger partial charge in [-0.3, -0.25) is 4.90 Å². The molecule has 26 heavy (non-hydrogen) atoms. The van der Waals surface area contributed by atoms with Gasteiger partial charge in [-0.1, -0.05) is 20.8 Å². The average Bonchev–Trinajstić information content (AvgIpc) is 2.54. The highest BCUT2D eigenvalue weighted by Gasteiger charge is 2.37. The maximum Gasteiger partial charge on any atom is 0.341 e. The van der Waals surface area contributed by atoms with Crippen molar-refractivity contribution in [3.63, 3.8) is 0 Å². The first-order valence-electron chi connectivity index (χ1n) is 9.46. The molecular formula is C20H34N2O4. The molecule has 2 aliphatic rings. The average molecular weight is 367 g/mol. The number of hydrogen-bond acceptors (Lipinski definition) is 5. The number of carboxylic acids is 1. The van der Waals surface area contributed by atoms with Gasteiger partial charge in [0.25, 0.3) is 0 Å². The molecule has 148 valence electrons.